The van der Waals surface area contributed by atoms with E-state index in [9.17, 15) is 4.79 Å². The predicted molar refractivity (Wildman–Crippen MR) is 92.6 cm³/mol. The Morgan fingerprint density at radius 2 is 2.00 bits per heavy atom. The molecular weight excluding hydrogens is 334 g/mol. The van der Waals surface area contributed by atoms with E-state index in [1.54, 1.807) is 12.1 Å². The summed E-state index contributed by atoms with van der Waals surface area (Å²) < 4.78 is 0. The van der Waals surface area contributed by atoms with Crippen LogP contribution in [-0.4, -0.2) is 26.8 Å². The van der Waals surface area contributed by atoms with Gasteiger partial charge in [-0.15, -0.1) is 0 Å². The van der Waals surface area contributed by atoms with E-state index in [0.717, 1.165) is 16.6 Å². The summed E-state index contributed by atoms with van der Waals surface area (Å²) >= 11 is 7.14. The molecule has 3 rings (SSSR count). The molecule has 0 atom stereocenters. The van der Waals surface area contributed by atoms with Gasteiger partial charge in [0, 0.05) is 16.1 Å². The summed E-state index contributed by atoms with van der Waals surface area (Å²) in [7, 11) is 0. The van der Waals surface area contributed by atoms with Crippen LogP contribution in [0.2, 0.25) is 5.02 Å². The monoisotopic (exact) mass is 345 g/mol. The first-order chi connectivity index (χ1) is 11.1. The highest BCUT2D eigenvalue weighted by atomic mass is 35.5. The normalized spacial score (nSPS) is 10.7. The second-order valence-corrected chi connectivity index (χ2v) is 6.09. The summed E-state index contributed by atoms with van der Waals surface area (Å²) in [6.45, 7) is 0. The third-order valence-electron chi connectivity index (χ3n) is 2.98. The molecule has 116 valence electrons. The van der Waals surface area contributed by atoms with Gasteiger partial charge >= 0.3 is 5.97 Å². The van der Waals surface area contributed by atoms with Crippen molar-refractivity contribution < 1.29 is 9.90 Å². The Hall–Kier alpha value is -2.31. The van der Waals surface area contributed by atoms with Gasteiger partial charge in [-0.05, 0) is 24.3 Å². The number of anilines is 2. The maximum Gasteiger partial charge on any atom is 0.313 e. The van der Waals surface area contributed by atoms with Crippen LogP contribution in [-0.2, 0) is 4.79 Å². The summed E-state index contributed by atoms with van der Waals surface area (Å²) in [4.78, 5) is 19.7. The van der Waals surface area contributed by atoms with Crippen LogP contribution >= 0.6 is 23.4 Å². The number of thioether (sulfide) groups is 1. The SMILES string of the molecule is O=C(O)CSc1nc(Nc2cccc(Cl)c2)nc2ccccc12. The van der Waals surface area contributed by atoms with E-state index < -0.39 is 5.97 Å². The van der Waals surface area contributed by atoms with Crippen molar-refractivity contribution in [3.05, 3.63) is 53.6 Å². The number of benzene rings is 2. The molecule has 1 aromatic heterocycles. The number of carboxylic acids is 1. The average Bonchev–Trinajstić information content (AvgIpc) is 2.52. The van der Waals surface area contributed by atoms with Gasteiger partial charge in [-0.1, -0.05) is 47.6 Å². The molecule has 0 bridgehead atoms. The Labute approximate surface area is 141 Å². The Morgan fingerprint density at radius 1 is 1.17 bits per heavy atom. The van der Waals surface area contributed by atoms with Gasteiger partial charge < -0.3 is 10.4 Å². The number of nitrogens with zero attached hydrogens (tertiary/aromatic N) is 2. The maximum atomic E-state index is 10.8. The number of para-hydroxylation sites is 1. The summed E-state index contributed by atoms with van der Waals surface area (Å²) in [6.07, 6.45) is 0. The van der Waals surface area contributed by atoms with E-state index in [1.807, 2.05) is 36.4 Å². The number of fused-ring (bicyclic) bond motifs is 1. The van der Waals surface area contributed by atoms with Crippen LogP contribution in [0.25, 0.3) is 10.9 Å². The van der Waals surface area contributed by atoms with E-state index in [1.165, 1.54) is 11.8 Å². The molecule has 0 saturated carbocycles. The lowest BCUT2D eigenvalue weighted by Crippen LogP contribution is -2.02. The van der Waals surface area contributed by atoms with Crippen molar-refractivity contribution in [2.75, 3.05) is 11.1 Å². The zero-order valence-corrected chi connectivity index (χ0v) is 13.4. The Bertz CT molecular complexity index is 873. The second kappa shape index (κ2) is 6.85. The van der Waals surface area contributed by atoms with Crippen LogP contribution < -0.4 is 5.32 Å². The first-order valence-electron chi connectivity index (χ1n) is 6.76. The molecule has 1 heterocycles. The van der Waals surface area contributed by atoms with Crippen molar-refractivity contribution in [2.45, 2.75) is 5.03 Å². The van der Waals surface area contributed by atoms with Crippen LogP contribution in [0.3, 0.4) is 0 Å². The lowest BCUT2D eigenvalue weighted by molar-refractivity contribution is -0.133. The van der Waals surface area contributed by atoms with Crippen molar-refractivity contribution in [3.63, 3.8) is 0 Å². The minimum atomic E-state index is -0.887. The third kappa shape index (κ3) is 3.91. The molecule has 0 amide bonds. The number of aromatic nitrogens is 2. The maximum absolute atomic E-state index is 10.8. The summed E-state index contributed by atoms with van der Waals surface area (Å²) in [5, 5.41) is 14.0. The quantitative estimate of drug-likeness (QED) is 0.533. The minimum Gasteiger partial charge on any atom is -0.481 e. The molecule has 7 heteroatoms. The molecule has 2 N–H and O–H groups in total. The largest absolute Gasteiger partial charge is 0.481 e. The van der Waals surface area contributed by atoms with E-state index in [2.05, 4.69) is 15.3 Å². The fourth-order valence-electron chi connectivity index (χ4n) is 2.04. The van der Waals surface area contributed by atoms with Crippen molar-refractivity contribution in [3.8, 4) is 0 Å². The summed E-state index contributed by atoms with van der Waals surface area (Å²) in [5.41, 5.74) is 1.52. The fraction of sp³-hybridized carbons (Fsp3) is 0.0625. The number of hydrogen-bond acceptors (Lipinski definition) is 5. The molecule has 0 aliphatic carbocycles. The van der Waals surface area contributed by atoms with Crippen LogP contribution in [0, 0.1) is 0 Å². The molecule has 5 nitrogen and oxygen atoms in total. The van der Waals surface area contributed by atoms with Gasteiger partial charge in [0.15, 0.2) is 0 Å². The first kappa shape index (κ1) is 15.6. The van der Waals surface area contributed by atoms with Gasteiger partial charge in [-0.3, -0.25) is 4.79 Å². The molecule has 0 aliphatic heterocycles. The van der Waals surface area contributed by atoms with Gasteiger partial charge in [-0.25, -0.2) is 9.97 Å². The van der Waals surface area contributed by atoms with Gasteiger partial charge in [-0.2, -0.15) is 0 Å². The van der Waals surface area contributed by atoms with Crippen molar-refractivity contribution in [2.24, 2.45) is 0 Å². The summed E-state index contributed by atoms with van der Waals surface area (Å²) in [5.74, 6) is -0.543. The van der Waals surface area contributed by atoms with Crippen molar-refractivity contribution in [1.29, 1.82) is 0 Å². The standard InChI is InChI=1S/C16H12ClN3O2S/c17-10-4-3-5-11(8-10)18-16-19-13-7-2-1-6-12(13)15(20-16)23-9-14(21)22/h1-8H,9H2,(H,21,22)(H,18,19,20). The molecule has 0 radical (unpaired) electrons. The molecule has 0 saturated heterocycles. The van der Waals surface area contributed by atoms with Crippen LogP contribution in [0.1, 0.15) is 0 Å². The number of aliphatic carboxylic acids is 1. The van der Waals surface area contributed by atoms with Gasteiger partial charge in [0.25, 0.3) is 0 Å². The van der Waals surface area contributed by atoms with Crippen LogP contribution in [0.15, 0.2) is 53.6 Å². The smallest absolute Gasteiger partial charge is 0.313 e. The van der Waals surface area contributed by atoms with Gasteiger partial charge in [0.05, 0.1) is 11.3 Å². The Kier molecular flexibility index (Phi) is 4.64. The lowest BCUT2D eigenvalue weighted by Gasteiger charge is -2.09. The van der Waals surface area contributed by atoms with Gasteiger partial charge in [0.1, 0.15) is 5.03 Å². The molecule has 3 aromatic rings. The molecule has 23 heavy (non-hydrogen) atoms. The average molecular weight is 346 g/mol. The first-order valence-corrected chi connectivity index (χ1v) is 8.12. The molecule has 0 aliphatic rings. The highest BCUT2D eigenvalue weighted by Crippen LogP contribution is 2.27. The number of hydrogen-bond donors (Lipinski definition) is 2. The number of halogens is 1. The molecule has 2 aromatic carbocycles. The summed E-state index contributed by atoms with van der Waals surface area (Å²) in [6, 6.07) is 14.7. The zero-order valence-electron chi connectivity index (χ0n) is 11.9. The van der Waals surface area contributed by atoms with Crippen molar-refractivity contribution in [1.82, 2.24) is 9.97 Å². The van der Waals surface area contributed by atoms with E-state index in [4.69, 9.17) is 16.7 Å². The number of nitrogens with one attached hydrogen (secondary N) is 1. The second-order valence-electron chi connectivity index (χ2n) is 4.69. The van der Waals surface area contributed by atoms with Crippen LogP contribution in [0.4, 0.5) is 11.6 Å². The highest BCUT2D eigenvalue weighted by Gasteiger charge is 2.10. The van der Waals surface area contributed by atoms with E-state index in [0.29, 0.717) is 16.0 Å². The number of carbonyl (C=O) groups is 1. The Morgan fingerprint density at radius 3 is 2.78 bits per heavy atom. The molecular formula is C16H12ClN3O2S. The highest BCUT2D eigenvalue weighted by molar-refractivity contribution is 8.00. The molecule has 0 spiro atoms. The van der Waals surface area contributed by atoms with Crippen molar-refractivity contribution >= 4 is 51.9 Å². The number of carboxylic acid groups (broad SMARTS) is 1. The predicted octanol–water partition coefficient (Wildman–Crippen LogP) is 4.20. The molecule has 0 fully saturated rings. The van der Waals surface area contributed by atoms with E-state index >= 15 is 0 Å². The topological polar surface area (TPSA) is 75.1 Å². The van der Waals surface area contributed by atoms with E-state index in [-0.39, 0.29) is 5.75 Å². The lowest BCUT2D eigenvalue weighted by atomic mass is 10.2. The zero-order chi connectivity index (χ0) is 16.2. The fourth-order valence-corrected chi connectivity index (χ4v) is 2.97. The van der Waals surface area contributed by atoms with Crippen LogP contribution in [0.5, 0.6) is 0 Å². The Balaban J connectivity index is 1.98. The van der Waals surface area contributed by atoms with Gasteiger partial charge in [0.2, 0.25) is 5.95 Å². The third-order valence-corrected chi connectivity index (χ3v) is 4.19. The number of rotatable bonds is 5. The molecule has 0 unspecified atom stereocenters. The minimum absolute atomic E-state index is 0.0579.